The van der Waals surface area contributed by atoms with E-state index in [-0.39, 0.29) is 11.7 Å². The molecule has 0 spiro atoms. The van der Waals surface area contributed by atoms with E-state index >= 15 is 0 Å². The lowest BCUT2D eigenvalue weighted by Gasteiger charge is -2.35. The van der Waals surface area contributed by atoms with Gasteiger partial charge in [0.2, 0.25) is 17.5 Å². The second-order valence-corrected chi connectivity index (χ2v) is 10.1. The standard InChI is InChI=1S/C30H28Cl2N4O2/c31-24-12-8-21(9-13-24)28(36-16-4-1-5-17-36)19-34-30-27(18-33)35-29(38-30)22-10-14-25(15-11-22)37-20-23-6-2-3-7-26(23)32/h2-3,6-15,28,34H,1,4-5,16-17,19-20H2. The molecule has 0 saturated carbocycles. The number of benzene rings is 3. The van der Waals surface area contributed by atoms with Crippen molar-refractivity contribution in [2.45, 2.75) is 31.9 Å². The summed E-state index contributed by atoms with van der Waals surface area (Å²) in [5.74, 6) is 1.45. The lowest BCUT2D eigenvalue weighted by Crippen LogP contribution is -2.37. The van der Waals surface area contributed by atoms with Crippen LogP contribution in [0.25, 0.3) is 11.5 Å². The summed E-state index contributed by atoms with van der Waals surface area (Å²) in [6, 6.07) is 25.3. The van der Waals surface area contributed by atoms with Crippen LogP contribution in [0.4, 0.5) is 5.88 Å². The molecule has 4 aromatic rings. The molecule has 8 heteroatoms. The van der Waals surface area contributed by atoms with Gasteiger partial charge in [0.15, 0.2) is 0 Å². The van der Waals surface area contributed by atoms with Gasteiger partial charge in [0.05, 0.1) is 6.04 Å². The minimum Gasteiger partial charge on any atom is -0.489 e. The van der Waals surface area contributed by atoms with Crippen LogP contribution in [0.2, 0.25) is 10.0 Å². The van der Waals surface area contributed by atoms with E-state index in [0.29, 0.717) is 40.7 Å². The van der Waals surface area contributed by atoms with E-state index in [4.69, 9.17) is 32.4 Å². The molecule has 0 amide bonds. The Morgan fingerprint density at radius 2 is 1.71 bits per heavy atom. The molecular formula is C30H28Cl2N4O2. The Kier molecular flexibility index (Phi) is 8.50. The number of hydrogen-bond donors (Lipinski definition) is 1. The molecule has 1 fully saturated rings. The van der Waals surface area contributed by atoms with E-state index in [1.54, 1.807) is 0 Å². The fraction of sp³-hybridized carbons (Fsp3) is 0.267. The van der Waals surface area contributed by atoms with Crippen LogP contribution in [0.15, 0.2) is 77.2 Å². The molecule has 1 aliphatic rings. The van der Waals surface area contributed by atoms with E-state index in [9.17, 15) is 5.26 Å². The molecule has 1 aromatic heterocycles. The number of ether oxygens (including phenoxy) is 1. The summed E-state index contributed by atoms with van der Waals surface area (Å²) < 4.78 is 11.9. The highest BCUT2D eigenvalue weighted by molar-refractivity contribution is 6.31. The van der Waals surface area contributed by atoms with Gasteiger partial charge >= 0.3 is 0 Å². The highest BCUT2D eigenvalue weighted by Gasteiger charge is 2.24. The maximum Gasteiger partial charge on any atom is 0.232 e. The van der Waals surface area contributed by atoms with E-state index in [1.807, 2.05) is 60.7 Å². The van der Waals surface area contributed by atoms with Crippen LogP contribution >= 0.6 is 23.2 Å². The fourth-order valence-corrected chi connectivity index (χ4v) is 4.99. The van der Waals surface area contributed by atoms with Crippen molar-refractivity contribution in [3.8, 4) is 23.3 Å². The second-order valence-electron chi connectivity index (χ2n) is 9.26. The van der Waals surface area contributed by atoms with Crippen LogP contribution in [0.1, 0.15) is 42.1 Å². The number of nitrogens with one attached hydrogen (secondary N) is 1. The Morgan fingerprint density at radius 1 is 0.974 bits per heavy atom. The van der Waals surface area contributed by atoms with Gasteiger partial charge in [-0.2, -0.15) is 10.2 Å². The number of halogens is 2. The molecule has 3 aromatic carbocycles. The Bertz CT molecular complexity index is 1390. The number of oxazole rings is 1. The largest absolute Gasteiger partial charge is 0.489 e. The first-order chi connectivity index (χ1) is 18.6. The number of rotatable bonds is 9. The highest BCUT2D eigenvalue weighted by Crippen LogP contribution is 2.30. The Labute approximate surface area is 232 Å². The summed E-state index contributed by atoms with van der Waals surface area (Å²) in [4.78, 5) is 6.91. The van der Waals surface area contributed by atoms with Gasteiger partial charge in [-0.15, -0.1) is 0 Å². The van der Waals surface area contributed by atoms with Crippen molar-refractivity contribution in [1.82, 2.24) is 9.88 Å². The van der Waals surface area contributed by atoms with Gasteiger partial charge < -0.3 is 14.5 Å². The highest BCUT2D eigenvalue weighted by atomic mass is 35.5. The van der Waals surface area contributed by atoms with Crippen LogP contribution in [0.5, 0.6) is 5.75 Å². The zero-order chi connectivity index (χ0) is 26.3. The van der Waals surface area contributed by atoms with Crippen molar-refractivity contribution in [3.05, 3.63) is 99.7 Å². The summed E-state index contributed by atoms with van der Waals surface area (Å²) in [5.41, 5.74) is 3.08. The van der Waals surface area contributed by atoms with Crippen LogP contribution in [-0.4, -0.2) is 29.5 Å². The van der Waals surface area contributed by atoms with Crippen molar-refractivity contribution in [2.75, 3.05) is 25.0 Å². The number of anilines is 1. The number of hydrogen-bond acceptors (Lipinski definition) is 6. The fourth-order valence-electron chi connectivity index (χ4n) is 4.67. The number of nitrogens with zero attached hydrogens (tertiary/aromatic N) is 3. The summed E-state index contributed by atoms with van der Waals surface area (Å²) in [6.45, 7) is 3.02. The smallest absolute Gasteiger partial charge is 0.232 e. The predicted octanol–water partition coefficient (Wildman–Crippen LogP) is 7.74. The first kappa shape index (κ1) is 26.1. The molecule has 0 aliphatic carbocycles. The average Bonchev–Trinajstić information content (AvgIpc) is 3.38. The molecule has 0 radical (unpaired) electrons. The summed E-state index contributed by atoms with van der Waals surface area (Å²) in [5, 5.41) is 14.5. The van der Waals surface area contributed by atoms with Gasteiger partial charge in [0.25, 0.3) is 0 Å². The van der Waals surface area contributed by atoms with Crippen LogP contribution < -0.4 is 10.1 Å². The Balaban J connectivity index is 1.28. The van der Waals surface area contributed by atoms with Crippen molar-refractivity contribution >= 4 is 29.1 Å². The van der Waals surface area contributed by atoms with Crippen molar-refractivity contribution in [3.63, 3.8) is 0 Å². The summed E-state index contributed by atoms with van der Waals surface area (Å²) in [7, 11) is 0. The molecule has 0 bridgehead atoms. The first-order valence-electron chi connectivity index (χ1n) is 12.7. The normalized spacial score (nSPS) is 14.6. The lowest BCUT2D eigenvalue weighted by molar-refractivity contribution is 0.170. The third-order valence-corrected chi connectivity index (χ3v) is 7.35. The van der Waals surface area contributed by atoms with Gasteiger partial charge in [-0.1, -0.05) is 60.0 Å². The van der Waals surface area contributed by atoms with E-state index in [0.717, 1.165) is 24.2 Å². The molecule has 1 unspecified atom stereocenters. The Hall–Kier alpha value is -3.50. The quantitative estimate of drug-likeness (QED) is 0.231. The van der Waals surface area contributed by atoms with Crippen LogP contribution in [0.3, 0.4) is 0 Å². The predicted molar refractivity (Wildman–Crippen MR) is 151 cm³/mol. The molecule has 2 heterocycles. The summed E-state index contributed by atoms with van der Waals surface area (Å²) >= 11 is 12.4. The van der Waals surface area contributed by atoms with Crippen molar-refractivity contribution in [1.29, 1.82) is 5.26 Å². The molecule has 38 heavy (non-hydrogen) atoms. The van der Waals surface area contributed by atoms with Crippen molar-refractivity contribution in [2.24, 2.45) is 0 Å². The maximum absolute atomic E-state index is 9.72. The molecule has 194 valence electrons. The van der Waals surface area contributed by atoms with Gasteiger partial charge in [-0.25, -0.2) is 0 Å². The molecule has 1 N–H and O–H groups in total. The Morgan fingerprint density at radius 3 is 2.42 bits per heavy atom. The third kappa shape index (κ3) is 6.31. The van der Waals surface area contributed by atoms with E-state index in [1.165, 1.54) is 24.8 Å². The molecular weight excluding hydrogens is 519 g/mol. The number of aromatic nitrogens is 1. The first-order valence-corrected chi connectivity index (χ1v) is 13.5. The van der Waals surface area contributed by atoms with Gasteiger partial charge in [0, 0.05) is 27.7 Å². The molecule has 6 nitrogen and oxygen atoms in total. The van der Waals surface area contributed by atoms with Crippen LogP contribution in [0, 0.1) is 11.3 Å². The monoisotopic (exact) mass is 546 g/mol. The SMILES string of the molecule is N#Cc1nc(-c2ccc(OCc3ccccc3Cl)cc2)oc1NCC(c1ccc(Cl)cc1)N1CCCCC1. The number of likely N-dealkylation sites (tertiary alicyclic amines) is 1. The topological polar surface area (TPSA) is 74.3 Å². The van der Waals surface area contributed by atoms with E-state index in [2.05, 4.69) is 33.4 Å². The number of nitriles is 1. The molecule has 1 atom stereocenters. The van der Waals surface area contributed by atoms with E-state index < -0.39 is 0 Å². The lowest BCUT2D eigenvalue weighted by atomic mass is 10.0. The molecule has 1 aliphatic heterocycles. The maximum atomic E-state index is 9.72. The molecule has 5 rings (SSSR count). The zero-order valence-electron chi connectivity index (χ0n) is 20.9. The minimum absolute atomic E-state index is 0.127. The minimum atomic E-state index is 0.127. The summed E-state index contributed by atoms with van der Waals surface area (Å²) in [6.07, 6.45) is 3.61. The molecule has 1 saturated heterocycles. The van der Waals surface area contributed by atoms with Gasteiger partial charge in [-0.05, 0) is 74.0 Å². The van der Waals surface area contributed by atoms with Crippen LogP contribution in [-0.2, 0) is 6.61 Å². The second kappa shape index (κ2) is 12.4. The number of piperidine rings is 1. The average molecular weight is 547 g/mol. The third-order valence-electron chi connectivity index (χ3n) is 6.73. The van der Waals surface area contributed by atoms with Crippen molar-refractivity contribution < 1.29 is 9.15 Å². The zero-order valence-corrected chi connectivity index (χ0v) is 22.4. The van der Waals surface area contributed by atoms with Gasteiger partial charge in [-0.3, -0.25) is 4.90 Å². The van der Waals surface area contributed by atoms with Gasteiger partial charge in [0.1, 0.15) is 18.4 Å².